The SMILES string of the molecule is C=CCCCCCCCCC(=O)CCCCCCCC(=O)O. The van der Waals surface area contributed by atoms with Crippen molar-refractivity contribution in [2.24, 2.45) is 0 Å². The van der Waals surface area contributed by atoms with Gasteiger partial charge in [0.15, 0.2) is 0 Å². The van der Waals surface area contributed by atoms with Gasteiger partial charge in [0.05, 0.1) is 0 Å². The van der Waals surface area contributed by atoms with Crippen LogP contribution in [0.3, 0.4) is 0 Å². The molecular formula is C19H34O3. The van der Waals surface area contributed by atoms with Gasteiger partial charge in [0.25, 0.3) is 0 Å². The van der Waals surface area contributed by atoms with Crippen molar-refractivity contribution in [3.05, 3.63) is 12.7 Å². The van der Waals surface area contributed by atoms with Crippen LogP contribution in [0.1, 0.15) is 96.3 Å². The lowest BCUT2D eigenvalue weighted by Crippen LogP contribution is -1.98. The molecule has 0 aliphatic carbocycles. The van der Waals surface area contributed by atoms with Gasteiger partial charge in [-0.2, -0.15) is 0 Å². The van der Waals surface area contributed by atoms with Crippen molar-refractivity contribution in [1.82, 2.24) is 0 Å². The van der Waals surface area contributed by atoms with Crippen molar-refractivity contribution in [2.45, 2.75) is 96.3 Å². The van der Waals surface area contributed by atoms with Crippen LogP contribution in [-0.2, 0) is 9.59 Å². The van der Waals surface area contributed by atoms with E-state index in [1.54, 1.807) is 0 Å². The quantitative estimate of drug-likeness (QED) is 0.278. The van der Waals surface area contributed by atoms with Gasteiger partial charge in [-0.15, -0.1) is 6.58 Å². The normalized spacial score (nSPS) is 10.5. The van der Waals surface area contributed by atoms with E-state index >= 15 is 0 Å². The standard InChI is InChI=1S/C19H34O3/c1-2-3-4-5-6-7-9-12-15-18(20)16-13-10-8-11-14-17-19(21)22/h2H,1,3-17H2,(H,21,22). The minimum absolute atomic E-state index is 0.270. The first-order chi connectivity index (χ1) is 10.7. The van der Waals surface area contributed by atoms with Gasteiger partial charge < -0.3 is 5.11 Å². The second-order valence-corrected chi connectivity index (χ2v) is 6.15. The van der Waals surface area contributed by atoms with Gasteiger partial charge in [0, 0.05) is 19.3 Å². The van der Waals surface area contributed by atoms with Gasteiger partial charge in [-0.1, -0.05) is 51.0 Å². The Morgan fingerprint density at radius 1 is 0.682 bits per heavy atom. The molecule has 0 aromatic rings. The highest BCUT2D eigenvalue weighted by Gasteiger charge is 2.02. The summed E-state index contributed by atoms with van der Waals surface area (Å²) >= 11 is 0. The number of unbranched alkanes of at least 4 members (excludes halogenated alkanes) is 10. The third kappa shape index (κ3) is 16.9. The number of hydrogen-bond donors (Lipinski definition) is 1. The molecule has 3 nitrogen and oxygen atoms in total. The van der Waals surface area contributed by atoms with Crippen molar-refractivity contribution in [1.29, 1.82) is 0 Å². The van der Waals surface area contributed by atoms with Gasteiger partial charge in [-0.05, 0) is 32.1 Å². The molecule has 0 bridgehead atoms. The molecule has 0 aromatic heterocycles. The number of allylic oxidation sites excluding steroid dienone is 1. The predicted octanol–water partition coefficient (Wildman–Crippen LogP) is 5.68. The first-order valence-electron chi connectivity index (χ1n) is 9.01. The number of rotatable bonds is 17. The molecule has 0 radical (unpaired) electrons. The Morgan fingerprint density at radius 3 is 1.55 bits per heavy atom. The average molecular weight is 310 g/mol. The van der Waals surface area contributed by atoms with Gasteiger partial charge in [-0.25, -0.2) is 0 Å². The van der Waals surface area contributed by atoms with Gasteiger partial charge in [-0.3, -0.25) is 9.59 Å². The Morgan fingerprint density at radius 2 is 1.09 bits per heavy atom. The smallest absolute Gasteiger partial charge is 0.303 e. The number of carbonyl (C=O) groups is 2. The van der Waals surface area contributed by atoms with E-state index < -0.39 is 5.97 Å². The predicted molar refractivity (Wildman–Crippen MR) is 92.1 cm³/mol. The van der Waals surface area contributed by atoms with Crippen LogP contribution in [-0.4, -0.2) is 16.9 Å². The molecule has 1 N–H and O–H groups in total. The van der Waals surface area contributed by atoms with Crippen molar-refractivity contribution < 1.29 is 14.7 Å². The molecule has 0 fully saturated rings. The van der Waals surface area contributed by atoms with E-state index in [9.17, 15) is 9.59 Å². The molecule has 0 atom stereocenters. The fraction of sp³-hybridized carbons (Fsp3) is 0.789. The lowest BCUT2D eigenvalue weighted by molar-refractivity contribution is -0.137. The first-order valence-corrected chi connectivity index (χ1v) is 9.01. The molecule has 0 aliphatic heterocycles. The molecule has 0 spiro atoms. The van der Waals surface area contributed by atoms with Crippen LogP contribution in [0.2, 0.25) is 0 Å². The van der Waals surface area contributed by atoms with Crippen molar-refractivity contribution in [3.63, 3.8) is 0 Å². The third-order valence-corrected chi connectivity index (χ3v) is 3.96. The maximum absolute atomic E-state index is 11.7. The largest absolute Gasteiger partial charge is 0.481 e. The lowest BCUT2D eigenvalue weighted by Gasteiger charge is -2.02. The van der Waals surface area contributed by atoms with Gasteiger partial charge in [0.2, 0.25) is 0 Å². The molecule has 0 amide bonds. The molecular weight excluding hydrogens is 276 g/mol. The zero-order valence-electron chi connectivity index (χ0n) is 14.2. The second-order valence-electron chi connectivity index (χ2n) is 6.15. The second kappa shape index (κ2) is 16.3. The third-order valence-electron chi connectivity index (χ3n) is 3.96. The number of hydrogen-bond acceptors (Lipinski definition) is 2. The molecule has 0 unspecified atom stereocenters. The molecule has 0 saturated heterocycles. The molecule has 3 heteroatoms. The van der Waals surface area contributed by atoms with E-state index in [1.807, 2.05) is 6.08 Å². The first kappa shape index (κ1) is 20.9. The number of carboxylic acid groups (broad SMARTS) is 1. The van der Waals surface area contributed by atoms with Crippen LogP contribution < -0.4 is 0 Å². The molecule has 0 aliphatic rings. The highest BCUT2D eigenvalue weighted by atomic mass is 16.4. The highest BCUT2D eigenvalue weighted by molar-refractivity contribution is 5.78. The van der Waals surface area contributed by atoms with E-state index in [1.165, 1.54) is 32.1 Å². The van der Waals surface area contributed by atoms with E-state index in [-0.39, 0.29) is 6.42 Å². The van der Waals surface area contributed by atoms with E-state index in [0.717, 1.165) is 51.4 Å². The summed E-state index contributed by atoms with van der Waals surface area (Å²) < 4.78 is 0. The fourth-order valence-corrected chi connectivity index (χ4v) is 2.57. The topological polar surface area (TPSA) is 54.4 Å². The van der Waals surface area contributed by atoms with Crippen LogP contribution in [0.15, 0.2) is 12.7 Å². The zero-order chi connectivity index (χ0) is 16.5. The molecule has 0 heterocycles. The number of Topliss-reactive ketones (excluding diaryl/α,β-unsaturated/α-hetero) is 1. The molecule has 22 heavy (non-hydrogen) atoms. The van der Waals surface area contributed by atoms with Crippen molar-refractivity contribution in [2.75, 3.05) is 0 Å². The maximum Gasteiger partial charge on any atom is 0.303 e. The van der Waals surface area contributed by atoms with Crippen LogP contribution in [0.5, 0.6) is 0 Å². The van der Waals surface area contributed by atoms with Crippen molar-refractivity contribution >= 4 is 11.8 Å². The summed E-state index contributed by atoms with van der Waals surface area (Å²) in [6, 6.07) is 0. The summed E-state index contributed by atoms with van der Waals surface area (Å²) in [5.74, 6) is -0.312. The van der Waals surface area contributed by atoms with E-state index in [2.05, 4.69) is 6.58 Å². The van der Waals surface area contributed by atoms with Crippen LogP contribution in [0.25, 0.3) is 0 Å². The Labute approximate surface area is 136 Å². The molecule has 128 valence electrons. The number of aliphatic carboxylic acids is 1. The Bertz CT molecular complexity index is 297. The fourth-order valence-electron chi connectivity index (χ4n) is 2.57. The number of carbonyl (C=O) groups excluding carboxylic acids is 1. The summed E-state index contributed by atoms with van der Waals surface area (Å²) in [6.45, 7) is 3.72. The maximum atomic E-state index is 11.7. The highest BCUT2D eigenvalue weighted by Crippen LogP contribution is 2.12. The number of ketones is 1. The Balaban J connectivity index is 3.19. The van der Waals surface area contributed by atoms with Crippen LogP contribution in [0.4, 0.5) is 0 Å². The van der Waals surface area contributed by atoms with Crippen LogP contribution >= 0.6 is 0 Å². The van der Waals surface area contributed by atoms with Gasteiger partial charge in [0.1, 0.15) is 5.78 Å². The number of carboxylic acids is 1. The zero-order valence-corrected chi connectivity index (χ0v) is 14.2. The summed E-state index contributed by atoms with van der Waals surface area (Å²) in [5, 5.41) is 8.51. The molecule has 0 aromatic carbocycles. The van der Waals surface area contributed by atoms with E-state index in [0.29, 0.717) is 12.2 Å². The van der Waals surface area contributed by atoms with Crippen LogP contribution in [0, 0.1) is 0 Å². The van der Waals surface area contributed by atoms with E-state index in [4.69, 9.17) is 5.11 Å². The minimum Gasteiger partial charge on any atom is -0.481 e. The minimum atomic E-state index is -0.712. The summed E-state index contributed by atoms with van der Waals surface area (Å²) in [6.07, 6.45) is 16.9. The summed E-state index contributed by atoms with van der Waals surface area (Å²) in [4.78, 5) is 22.0. The van der Waals surface area contributed by atoms with Gasteiger partial charge >= 0.3 is 5.97 Å². The van der Waals surface area contributed by atoms with Crippen molar-refractivity contribution in [3.8, 4) is 0 Å². The summed E-state index contributed by atoms with van der Waals surface area (Å²) in [7, 11) is 0. The molecule has 0 rings (SSSR count). The average Bonchev–Trinajstić information content (AvgIpc) is 2.48. The molecule has 0 saturated carbocycles. The lowest BCUT2D eigenvalue weighted by atomic mass is 10.0. The monoisotopic (exact) mass is 310 g/mol. The summed E-state index contributed by atoms with van der Waals surface area (Å²) in [5.41, 5.74) is 0. The Hall–Kier alpha value is -1.12. The Kier molecular flexibility index (Phi) is 15.4.